The number of carboxylic acid groups (broad SMARTS) is 1. The quantitative estimate of drug-likeness (QED) is 0.121. The number of amides is 1. The number of carboxylic acids is 1. The van der Waals surface area contributed by atoms with Gasteiger partial charge in [0.1, 0.15) is 20.9 Å². The molecule has 6 atom stereocenters. The van der Waals surface area contributed by atoms with Crippen molar-refractivity contribution < 1.29 is 24.9 Å². The Morgan fingerprint density at radius 1 is 0.648 bits per heavy atom. The molecular formula is C54H60Cl4N6O5S2. The molecule has 0 radical (unpaired) electrons. The van der Waals surface area contributed by atoms with E-state index in [4.69, 9.17) is 61.5 Å². The lowest BCUT2D eigenvalue weighted by Crippen LogP contribution is -2.39. The SMILES string of the molecule is CC(C)C1=C(C(=O)N2CCC[C@H]2CO)SC2=N[C@@](C)(c3ccc(Cl)cc3)[C@@H](c3ccc(Cl)cc3)N21.CC(C)C1=C(C(=O)O)SC2=N[C@@](C)(c3ccc(Cl)cc3)[C@@H](c3ccc(Cl)cc3)N21.OC[C@@H]1CCCN1. The molecule has 71 heavy (non-hydrogen) atoms. The molecule has 2 saturated heterocycles. The van der Waals surface area contributed by atoms with Gasteiger partial charge < -0.3 is 35.3 Å². The van der Waals surface area contributed by atoms with Crippen LogP contribution in [0.2, 0.25) is 20.1 Å². The van der Waals surface area contributed by atoms with E-state index in [0.717, 1.165) is 69.5 Å². The van der Waals surface area contributed by atoms with Gasteiger partial charge in [0.2, 0.25) is 0 Å². The number of allylic oxidation sites excluding steroid dienone is 2. The minimum Gasteiger partial charge on any atom is -0.477 e. The summed E-state index contributed by atoms with van der Waals surface area (Å²) in [7, 11) is 0. The molecule has 11 nitrogen and oxygen atoms in total. The van der Waals surface area contributed by atoms with Gasteiger partial charge in [0.05, 0.1) is 31.3 Å². The minimum absolute atomic E-state index is 0.00426. The summed E-state index contributed by atoms with van der Waals surface area (Å²) >= 11 is 27.4. The van der Waals surface area contributed by atoms with Crippen molar-refractivity contribution in [2.24, 2.45) is 21.8 Å². The fourth-order valence-electron chi connectivity index (χ4n) is 10.5. The molecule has 0 aromatic heterocycles. The molecule has 0 spiro atoms. The molecule has 0 unspecified atom stereocenters. The van der Waals surface area contributed by atoms with Crippen molar-refractivity contribution in [3.8, 4) is 0 Å². The third kappa shape index (κ3) is 10.7. The molecule has 4 aromatic carbocycles. The number of carbonyl (C=O) groups excluding carboxylic acids is 1. The van der Waals surface area contributed by atoms with Gasteiger partial charge in [-0.1, -0.05) is 123 Å². The van der Waals surface area contributed by atoms with E-state index in [2.05, 4.69) is 42.8 Å². The van der Waals surface area contributed by atoms with E-state index in [9.17, 15) is 19.8 Å². The minimum atomic E-state index is -0.918. The average Bonchev–Trinajstić information content (AvgIpc) is 4.21. The summed E-state index contributed by atoms with van der Waals surface area (Å²) in [6, 6.07) is 31.1. The van der Waals surface area contributed by atoms with Gasteiger partial charge in [-0.3, -0.25) is 4.79 Å². The first-order valence-corrected chi connectivity index (χ1v) is 27.2. The van der Waals surface area contributed by atoms with Crippen LogP contribution in [0, 0.1) is 11.8 Å². The first kappa shape index (κ1) is 53.3. The standard InChI is InChI=1S/C27H29Cl2N3O2S.C22H20Cl2N2O2S.C5H11NO/c1-16(2)22-23(25(34)31-14-4-5-21(31)15-33)35-26-30-27(3,18-8-12-20(29)13-9-18)24(32(22)26)17-6-10-19(28)11-7-17;1-12(2)17-18(20(27)28)29-21-25-22(3,14-6-10-16(24)11-7-14)19(26(17)21)13-4-8-15(23)9-5-13;7-4-5-2-1-3-6-5/h6-13,16,21,24,33H,4-5,14-15H2,1-3H3;4-12,19H,1-3H3,(H,27,28);5-7H,1-4H2/t21-,24+,27-;19-,22+;5-/m010/s1. The lowest BCUT2D eigenvalue weighted by molar-refractivity contribution is -0.132. The van der Waals surface area contributed by atoms with Crippen LogP contribution in [0.1, 0.15) is 102 Å². The third-order valence-electron chi connectivity index (χ3n) is 14.0. The highest BCUT2D eigenvalue weighted by Crippen LogP contribution is 2.58. The Balaban J connectivity index is 0.000000169. The second kappa shape index (κ2) is 22.2. The number of rotatable bonds is 10. The fourth-order valence-corrected chi connectivity index (χ4v) is 13.6. The molecule has 0 aliphatic carbocycles. The lowest BCUT2D eigenvalue weighted by Gasteiger charge is -2.37. The van der Waals surface area contributed by atoms with Crippen LogP contribution < -0.4 is 5.32 Å². The van der Waals surface area contributed by atoms with E-state index in [1.807, 2.05) is 116 Å². The highest BCUT2D eigenvalue weighted by molar-refractivity contribution is 8.18. The normalized spacial score (nSPS) is 25.6. The van der Waals surface area contributed by atoms with Gasteiger partial charge in [-0.05, 0) is 152 Å². The Bertz CT molecular complexity index is 2730. The van der Waals surface area contributed by atoms with E-state index < -0.39 is 17.0 Å². The highest BCUT2D eigenvalue weighted by atomic mass is 35.5. The van der Waals surface area contributed by atoms with Crippen LogP contribution in [-0.4, -0.2) is 90.6 Å². The molecule has 376 valence electrons. The Morgan fingerprint density at radius 3 is 1.44 bits per heavy atom. The second-order valence-corrected chi connectivity index (χ2v) is 23.1. The predicted molar refractivity (Wildman–Crippen MR) is 291 cm³/mol. The van der Waals surface area contributed by atoms with Gasteiger partial charge >= 0.3 is 5.97 Å². The number of benzene rings is 4. The van der Waals surface area contributed by atoms with Crippen molar-refractivity contribution in [2.75, 3.05) is 26.3 Å². The van der Waals surface area contributed by atoms with Crippen molar-refractivity contribution in [3.05, 3.63) is 161 Å². The van der Waals surface area contributed by atoms with E-state index >= 15 is 0 Å². The summed E-state index contributed by atoms with van der Waals surface area (Å²) in [5.74, 6) is -0.787. The van der Waals surface area contributed by atoms with E-state index in [1.165, 1.54) is 29.9 Å². The molecule has 10 rings (SSSR count). The molecule has 1 amide bonds. The Labute approximate surface area is 445 Å². The van der Waals surface area contributed by atoms with Crippen LogP contribution in [0.25, 0.3) is 0 Å². The van der Waals surface area contributed by atoms with E-state index in [-0.39, 0.29) is 42.5 Å². The maximum atomic E-state index is 13.7. The molecule has 0 saturated carbocycles. The van der Waals surface area contributed by atoms with Crippen LogP contribution in [0.3, 0.4) is 0 Å². The predicted octanol–water partition coefficient (Wildman–Crippen LogP) is 12.3. The number of nitrogens with one attached hydrogen (secondary N) is 1. The number of hydrogen-bond donors (Lipinski definition) is 4. The smallest absolute Gasteiger partial charge is 0.344 e. The topological polar surface area (TPSA) is 141 Å². The molecule has 17 heteroatoms. The lowest BCUT2D eigenvalue weighted by atomic mass is 9.81. The summed E-state index contributed by atoms with van der Waals surface area (Å²) in [5.41, 5.74) is 4.76. The van der Waals surface area contributed by atoms with E-state index in [1.54, 1.807) is 0 Å². The summed E-state index contributed by atoms with van der Waals surface area (Å²) in [6.07, 6.45) is 4.13. The first-order chi connectivity index (χ1) is 33.9. The number of aliphatic hydroxyl groups excluding tert-OH is 2. The number of thioether (sulfide) groups is 2. The largest absolute Gasteiger partial charge is 0.477 e. The molecule has 6 aliphatic heterocycles. The highest BCUT2D eigenvalue weighted by Gasteiger charge is 2.55. The maximum absolute atomic E-state index is 13.7. The van der Waals surface area contributed by atoms with Crippen LogP contribution in [0.4, 0.5) is 0 Å². The van der Waals surface area contributed by atoms with Gasteiger partial charge in [0.15, 0.2) is 10.3 Å². The average molecular weight is 1080 g/mol. The molecule has 6 heterocycles. The molecule has 6 aliphatic rings. The number of aliphatic imine (C=N–C) groups is 2. The Hall–Kier alpha value is -4.02. The van der Waals surface area contributed by atoms with Crippen molar-refractivity contribution in [2.45, 2.75) is 102 Å². The fraction of sp³-hybridized carbons (Fsp3) is 0.407. The summed E-state index contributed by atoms with van der Waals surface area (Å²) < 4.78 is 0. The Kier molecular flexibility index (Phi) is 16.7. The third-order valence-corrected chi connectivity index (χ3v) is 17.1. The van der Waals surface area contributed by atoms with Crippen LogP contribution >= 0.6 is 69.9 Å². The number of amidine groups is 2. The van der Waals surface area contributed by atoms with Gasteiger partial charge in [0, 0.05) is 44.1 Å². The molecular weight excluding hydrogens is 1020 g/mol. The number of carbonyl (C=O) groups is 2. The second-order valence-electron chi connectivity index (χ2n) is 19.4. The van der Waals surface area contributed by atoms with Crippen molar-refractivity contribution in [3.63, 3.8) is 0 Å². The molecule has 4 aromatic rings. The zero-order chi connectivity index (χ0) is 50.9. The van der Waals surface area contributed by atoms with Crippen LogP contribution in [0.15, 0.2) is 128 Å². The van der Waals surface area contributed by atoms with Crippen molar-refractivity contribution >= 4 is 92.1 Å². The Morgan fingerprint density at radius 2 is 1.07 bits per heavy atom. The number of aliphatic carboxylic acids is 1. The summed E-state index contributed by atoms with van der Waals surface area (Å²) in [6.45, 7) is 14.6. The summed E-state index contributed by atoms with van der Waals surface area (Å²) in [4.78, 5) is 43.2. The van der Waals surface area contributed by atoms with Gasteiger partial charge in [0.25, 0.3) is 5.91 Å². The zero-order valence-corrected chi connectivity index (χ0v) is 45.2. The van der Waals surface area contributed by atoms with Gasteiger partial charge in [-0.25, -0.2) is 14.8 Å². The van der Waals surface area contributed by atoms with Crippen LogP contribution in [-0.2, 0) is 20.7 Å². The maximum Gasteiger partial charge on any atom is 0.344 e. The monoisotopic (exact) mass is 1080 g/mol. The van der Waals surface area contributed by atoms with Crippen molar-refractivity contribution in [1.82, 2.24) is 20.0 Å². The molecule has 2 fully saturated rings. The van der Waals surface area contributed by atoms with Crippen LogP contribution in [0.5, 0.6) is 0 Å². The number of halogens is 4. The molecule has 0 bridgehead atoms. The molecule has 4 N–H and O–H groups in total. The van der Waals surface area contributed by atoms with E-state index in [0.29, 0.717) is 49.4 Å². The number of hydrogen-bond acceptors (Lipinski definition) is 11. The zero-order valence-electron chi connectivity index (χ0n) is 40.6. The summed E-state index contributed by atoms with van der Waals surface area (Å²) in [5, 5.41) is 35.5. The van der Waals surface area contributed by atoms with Crippen molar-refractivity contribution in [1.29, 1.82) is 0 Å². The first-order valence-electron chi connectivity index (χ1n) is 24.0. The number of fused-ring (bicyclic) bond motifs is 2. The van der Waals surface area contributed by atoms with Gasteiger partial charge in [-0.2, -0.15) is 0 Å². The number of aliphatic hydroxyl groups is 2. The number of nitrogens with zero attached hydrogens (tertiary/aromatic N) is 5. The number of likely N-dealkylation sites (tertiary alicyclic amines) is 1. The van der Waals surface area contributed by atoms with Gasteiger partial charge in [-0.15, -0.1) is 0 Å².